The molecule has 1 atom stereocenters. The molecule has 9 nitrogen and oxygen atoms in total. The molecule has 160 valence electrons. The van der Waals surface area contributed by atoms with Crippen LogP contribution in [-0.2, 0) is 14.8 Å². The Hall–Kier alpha value is -2.69. The Morgan fingerprint density at radius 2 is 1.93 bits per heavy atom. The minimum Gasteiger partial charge on any atom is -0.382 e. The summed E-state index contributed by atoms with van der Waals surface area (Å²) in [6.07, 6.45) is 1.07. The van der Waals surface area contributed by atoms with Crippen LogP contribution in [0.15, 0.2) is 53.4 Å². The second-order valence-electron chi connectivity index (χ2n) is 6.73. The first-order valence-corrected chi connectivity index (χ1v) is 11.1. The van der Waals surface area contributed by atoms with Gasteiger partial charge in [-0.15, -0.1) is 0 Å². The smallest absolute Gasteiger partial charge is 0.271 e. The van der Waals surface area contributed by atoms with Gasteiger partial charge in [-0.1, -0.05) is 29.8 Å². The second kappa shape index (κ2) is 9.41. The van der Waals surface area contributed by atoms with Gasteiger partial charge in [0.2, 0.25) is 15.9 Å². The number of anilines is 1. The van der Waals surface area contributed by atoms with E-state index in [1.807, 2.05) is 0 Å². The van der Waals surface area contributed by atoms with Crippen molar-refractivity contribution in [3.63, 3.8) is 0 Å². The molecule has 2 N–H and O–H groups in total. The molecule has 2 aromatic rings. The van der Waals surface area contributed by atoms with Crippen LogP contribution in [-0.4, -0.2) is 49.2 Å². The van der Waals surface area contributed by atoms with E-state index in [-0.39, 0.29) is 28.1 Å². The van der Waals surface area contributed by atoms with Gasteiger partial charge in [-0.05, 0) is 31.0 Å². The molecular formula is C19H21ClN4O5S. The van der Waals surface area contributed by atoms with Crippen molar-refractivity contribution in [3.05, 3.63) is 63.7 Å². The minimum absolute atomic E-state index is 0.111. The molecule has 1 aliphatic rings. The van der Waals surface area contributed by atoms with E-state index in [9.17, 15) is 23.3 Å². The lowest BCUT2D eigenvalue weighted by Crippen LogP contribution is -2.46. The summed E-state index contributed by atoms with van der Waals surface area (Å²) >= 11 is 6.02. The quantitative estimate of drug-likeness (QED) is 0.360. The molecule has 0 bridgehead atoms. The zero-order valence-electron chi connectivity index (χ0n) is 16.0. The Morgan fingerprint density at radius 1 is 1.20 bits per heavy atom. The number of rotatable bonds is 8. The number of halogens is 1. The Balaban J connectivity index is 1.55. The average molecular weight is 453 g/mol. The number of carbonyl (C=O) groups excluding carboxylic acids is 1. The fourth-order valence-electron chi connectivity index (χ4n) is 3.28. The molecule has 0 aromatic heterocycles. The van der Waals surface area contributed by atoms with Crippen LogP contribution >= 0.6 is 11.6 Å². The fraction of sp³-hybridized carbons (Fsp3) is 0.316. The van der Waals surface area contributed by atoms with E-state index in [2.05, 4.69) is 10.6 Å². The zero-order chi connectivity index (χ0) is 21.7. The van der Waals surface area contributed by atoms with Gasteiger partial charge in [0.1, 0.15) is 6.04 Å². The number of carbonyl (C=O) groups is 1. The molecule has 1 amide bonds. The maximum Gasteiger partial charge on any atom is 0.271 e. The van der Waals surface area contributed by atoms with E-state index in [1.54, 1.807) is 18.2 Å². The summed E-state index contributed by atoms with van der Waals surface area (Å²) in [6, 6.07) is 11.4. The van der Waals surface area contributed by atoms with Crippen molar-refractivity contribution in [2.24, 2.45) is 0 Å². The highest BCUT2D eigenvalue weighted by atomic mass is 35.5. The molecule has 1 aliphatic heterocycles. The maximum atomic E-state index is 12.8. The molecule has 1 heterocycles. The number of nitro groups is 1. The SMILES string of the molecule is O=C(NCCNc1ccc([N+](=O)[O-])cc1Cl)[C@@H]1CCCN1S(=O)(=O)c1ccccc1. The van der Waals surface area contributed by atoms with E-state index in [0.717, 1.165) is 0 Å². The van der Waals surface area contributed by atoms with Crippen molar-refractivity contribution >= 4 is 38.9 Å². The predicted molar refractivity (Wildman–Crippen MR) is 113 cm³/mol. The maximum absolute atomic E-state index is 12.8. The van der Waals surface area contributed by atoms with Crippen LogP contribution in [0.4, 0.5) is 11.4 Å². The number of non-ortho nitro benzene ring substituents is 1. The van der Waals surface area contributed by atoms with Crippen molar-refractivity contribution in [2.75, 3.05) is 25.0 Å². The first-order valence-electron chi connectivity index (χ1n) is 9.33. The monoisotopic (exact) mass is 452 g/mol. The van der Waals surface area contributed by atoms with Crippen LogP contribution in [0.2, 0.25) is 5.02 Å². The lowest BCUT2D eigenvalue weighted by molar-refractivity contribution is -0.384. The highest BCUT2D eigenvalue weighted by molar-refractivity contribution is 7.89. The Labute approximate surface area is 179 Å². The van der Waals surface area contributed by atoms with Crippen LogP contribution in [0.1, 0.15) is 12.8 Å². The van der Waals surface area contributed by atoms with Crippen LogP contribution < -0.4 is 10.6 Å². The summed E-state index contributed by atoms with van der Waals surface area (Å²) < 4.78 is 26.9. The number of hydrogen-bond acceptors (Lipinski definition) is 6. The standard InChI is InChI=1S/C19H21ClN4O5S/c20-16-13-14(24(26)27)8-9-17(16)21-10-11-22-19(25)18-7-4-12-23(18)30(28,29)15-5-2-1-3-6-15/h1-3,5-6,8-9,13,18,21H,4,7,10-12H2,(H,22,25)/t18-/m0/s1. The molecule has 0 spiro atoms. The molecular weight excluding hydrogens is 432 g/mol. The van der Waals surface area contributed by atoms with Crippen LogP contribution in [0.25, 0.3) is 0 Å². The molecule has 0 unspecified atom stereocenters. The Bertz CT molecular complexity index is 1030. The molecule has 11 heteroatoms. The average Bonchev–Trinajstić information content (AvgIpc) is 3.23. The van der Waals surface area contributed by atoms with Gasteiger partial charge < -0.3 is 10.6 Å². The van der Waals surface area contributed by atoms with Crippen molar-refractivity contribution in [2.45, 2.75) is 23.8 Å². The van der Waals surface area contributed by atoms with Gasteiger partial charge in [0.25, 0.3) is 5.69 Å². The largest absolute Gasteiger partial charge is 0.382 e. The van der Waals surface area contributed by atoms with Gasteiger partial charge in [-0.25, -0.2) is 8.42 Å². The number of amides is 1. The molecule has 1 saturated heterocycles. The van der Waals surface area contributed by atoms with Crippen LogP contribution in [0.5, 0.6) is 0 Å². The van der Waals surface area contributed by atoms with E-state index in [4.69, 9.17) is 11.6 Å². The van der Waals surface area contributed by atoms with Crippen molar-refractivity contribution in [3.8, 4) is 0 Å². The Morgan fingerprint density at radius 3 is 2.60 bits per heavy atom. The second-order valence-corrected chi connectivity index (χ2v) is 9.02. The van der Waals surface area contributed by atoms with E-state index < -0.39 is 21.0 Å². The molecule has 1 fully saturated rings. The van der Waals surface area contributed by atoms with Crippen LogP contribution in [0, 0.1) is 10.1 Å². The highest BCUT2D eigenvalue weighted by Gasteiger charge is 2.39. The first-order chi connectivity index (χ1) is 14.3. The zero-order valence-corrected chi connectivity index (χ0v) is 17.5. The number of sulfonamides is 1. The first kappa shape index (κ1) is 22.0. The molecule has 30 heavy (non-hydrogen) atoms. The number of nitrogens with zero attached hydrogens (tertiary/aromatic N) is 2. The van der Waals surface area contributed by atoms with Gasteiger partial charge in [-0.3, -0.25) is 14.9 Å². The lowest BCUT2D eigenvalue weighted by Gasteiger charge is -2.23. The van der Waals surface area contributed by atoms with E-state index in [0.29, 0.717) is 31.6 Å². The number of benzene rings is 2. The number of nitro benzene ring substituents is 1. The molecule has 0 radical (unpaired) electrons. The minimum atomic E-state index is -3.74. The van der Waals surface area contributed by atoms with Gasteiger partial charge in [0.05, 0.1) is 20.5 Å². The number of hydrogen-bond donors (Lipinski definition) is 2. The summed E-state index contributed by atoms with van der Waals surface area (Å²) in [4.78, 5) is 23.0. The normalized spacial score (nSPS) is 16.9. The summed E-state index contributed by atoms with van der Waals surface area (Å²) in [5, 5.41) is 16.7. The predicted octanol–water partition coefficient (Wildman–Crippen LogP) is 2.63. The molecule has 2 aromatic carbocycles. The van der Waals surface area contributed by atoms with Gasteiger partial charge in [0, 0.05) is 31.8 Å². The summed E-state index contributed by atoms with van der Waals surface area (Å²) in [7, 11) is -3.74. The third kappa shape index (κ3) is 4.89. The molecule has 0 aliphatic carbocycles. The topological polar surface area (TPSA) is 122 Å². The third-order valence-corrected chi connectivity index (χ3v) is 6.99. The van der Waals surface area contributed by atoms with Crippen molar-refractivity contribution in [1.82, 2.24) is 9.62 Å². The van der Waals surface area contributed by atoms with Crippen LogP contribution in [0.3, 0.4) is 0 Å². The van der Waals surface area contributed by atoms with Gasteiger partial charge in [-0.2, -0.15) is 4.31 Å². The summed E-state index contributed by atoms with van der Waals surface area (Å²) in [6.45, 7) is 0.856. The van der Waals surface area contributed by atoms with E-state index in [1.165, 1.54) is 34.6 Å². The van der Waals surface area contributed by atoms with Crippen molar-refractivity contribution in [1.29, 1.82) is 0 Å². The molecule has 3 rings (SSSR count). The summed E-state index contributed by atoms with van der Waals surface area (Å²) in [5.74, 6) is -0.358. The summed E-state index contributed by atoms with van der Waals surface area (Å²) in [5.41, 5.74) is 0.394. The van der Waals surface area contributed by atoms with Gasteiger partial charge in [0.15, 0.2) is 0 Å². The van der Waals surface area contributed by atoms with Crippen molar-refractivity contribution < 1.29 is 18.1 Å². The van der Waals surface area contributed by atoms with Gasteiger partial charge >= 0.3 is 0 Å². The highest BCUT2D eigenvalue weighted by Crippen LogP contribution is 2.27. The fourth-order valence-corrected chi connectivity index (χ4v) is 5.20. The lowest BCUT2D eigenvalue weighted by atomic mass is 10.2. The van der Waals surface area contributed by atoms with E-state index >= 15 is 0 Å². The Kier molecular flexibility index (Phi) is 6.91. The molecule has 0 saturated carbocycles. The number of nitrogens with one attached hydrogen (secondary N) is 2. The third-order valence-electron chi connectivity index (χ3n) is 4.76.